The van der Waals surface area contributed by atoms with Crippen molar-refractivity contribution in [2.75, 3.05) is 0 Å². The van der Waals surface area contributed by atoms with Crippen LogP contribution in [0.2, 0.25) is 0 Å². The molecule has 142 valence electrons. The molecule has 1 unspecified atom stereocenters. The van der Waals surface area contributed by atoms with Gasteiger partial charge in [-0.25, -0.2) is 4.39 Å². The van der Waals surface area contributed by atoms with E-state index in [1.54, 1.807) is 0 Å². The van der Waals surface area contributed by atoms with Crippen LogP contribution in [0.15, 0.2) is 42.5 Å². The van der Waals surface area contributed by atoms with Gasteiger partial charge in [-0.15, -0.1) is 0 Å². The third-order valence-corrected chi connectivity index (χ3v) is 3.34. The number of rotatable bonds is 4. The van der Waals surface area contributed by atoms with Crippen molar-refractivity contribution in [3.63, 3.8) is 0 Å². The van der Waals surface area contributed by atoms with Crippen LogP contribution in [-0.2, 0) is 29.7 Å². The summed E-state index contributed by atoms with van der Waals surface area (Å²) in [6.07, 6.45) is -9.81. The molecule has 0 aliphatic rings. The van der Waals surface area contributed by atoms with Crippen molar-refractivity contribution in [1.82, 2.24) is 0 Å². The topological polar surface area (TPSA) is 29.5 Å². The van der Waals surface area contributed by atoms with Crippen molar-refractivity contribution in [3.05, 3.63) is 70.5 Å². The van der Waals surface area contributed by atoms with E-state index in [0.29, 0.717) is 18.2 Å². The van der Waals surface area contributed by atoms with E-state index < -0.39 is 53.1 Å². The maximum absolute atomic E-state index is 14.2. The number of hydrogen-bond donors (Lipinski definition) is 1. The molecule has 1 N–H and O–H groups in total. The van der Waals surface area contributed by atoms with E-state index in [2.05, 4.69) is 4.74 Å². The van der Waals surface area contributed by atoms with Gasteiger partial charge in [-0.3, -0.25) is 0 Å². The Bertz CT molecular complexity index is 781. The van der Waals surface area contributed by atoms with Crippen LogP contribution in [0.25, 0.3) is 0 Å². The lowest BCUT2D eigenvalue weighted by atomic mass is 10.1. The number of alkyl halides is 7. The van der Waals surface area contributed by atoms with Gasteiger partial charge in [0.2, 0.25) is 0 Å². The molecule has 0 saturated heterocycles. The van der Waals surface area contributed by atoms with Crippen LogP contribution in [0, 0.1) is 5.82 Å². The summed E-state index contributed by atoms with van der Waals surface area (Å²) >= 11 is 0. The van der Waals surface area contributed by atoms with Gasteiger partial charge in [0.05, 0.1) is 17.7 Å². The summed E-state index contributed by atoms with van der Waals surface area (Å²) in [5.41, 5.74) is -4.41. The van der Waals surface area contributed by atoms with Gasteiger partial charge < -0.3 is 9.84 Å². The van der Waals surface area contributed by atoms with Gasteiger partial charge in [0, 0.05) is 5.56 Å². The van der Waals surface area contributed by atoms with E-state index in [1.807, 2.05) is 0 Å². The Morgan fingerprint density at radius 1 is 0.808 bits per heavy atom. The summed E-state index contributed by atoms with van der Waals surface area (Å²) in [5.74, 6) is -1.20. The Kier molecular flexibility index (Phi) is 5.29. The summed E-state index contributed by atoms with van der Waals surface area (Å²) in [6.45, 7) is -1.17. The maximum Gasteiger partial charge on any atom is 0.416 e. The fourth-order valence-corrected chi connectivity index (χ4v) is 2.08. The van der Waals surface area contributed by atoms with Crippen molar-refractivity contribution < 1.29 is 45.0 Å². The minimum absolute atomic E-state index is 0.153. The van der Waals surface area contributed by atoms with Gasteiger partial charge in [-0.05, 0) is 29.8 Å². The maximum atomic E-state index is 14.2. The Balaban J connectivity index is 2.27. The summed E-state index contributed by atoms with van der Waals surface area (Å²) in [7, 11) is 0. The van der Waals surface area contributed by atoms with Crippen LogP contribution >= 0.6 is 0 Å². The standard InChI is InChI=1S/C16H10F8O2/c17-12-5-4-9(13(7-12)15(21,22)23)8-26-16(24,25)11-3-1-2-10(6-11)14(18,19)20/h1-7,25H,8H2. The number of hydrogen-bond acceptors (Lipinski definition) is 2. The molecule has 0 radical (unpaired) electrons. The molecule has 0 spiro atoms. The normalized spacial score (nSPS) is 15.0. The Hall–Kier alpha value is -2.20. The van der Waals surface area contributed by atoms with Crippen LogP contribution in [0.1, 0.15) is 22.3 Å². The Morgan fingerprint density at radius 2 is 1.42 bits per heavy atom. The van der Waals surface area contributed by atoms with E-state index >= 15 is 0 Å². The van der Waals surface area contributed by atoms with Gasteiger partial charge in [0.1, 0.15) is 5.82 Å². The lowest BCUT2D eigenvalue weighted by molar-refractivity contribution is -0.308. The first kappa shape index (κ1) is 20.1. The second-order valence-electron chi connectivity index (χ2n) is 5.23. The predicted molar refractivity (Wildman–Crippen MR) is 72.6 cm³/mol. The summed E-state index contributed by atoms with van der Waals surface area (Å²) < 4.78 is 108. The Morgan fingerprint density at radius 3 is 2.00 bits per heavy atom. The highest BCUT2D eigenvalue weighted by Crippen LogP contribution is 2.36. The smallest absolute Gasteiger partial charge is 0.336 e. The van der Waals surface area contributed by atoms with Gasteiger partial charge in [-0.1, -0.05) is 18.2 Å². The summed E-state index contributed by atoms with van der Waals surface area (Å²) in [4.78, 5) is 0. The van der Waals surface area contributed by atoms with Crippen molar-refractivity contribution >= 4 is 0 Å². The van der Waals surface area contributed by atoms with Crippen molar-refractivity contribution in [2.45, 2.75) is 25.0 Å². The predicted octanol–water partition coefficient (Wildman–Crippen LogP) is 5.15. The highest BCUT2D eigenvalue weighted by atomic mass is 19.4. The number of ether oxygens (including phenoxy) is 1. The monoisotopic (exact) mass is 386 g/mol. The average Bonchev–Trinajstić information content (AvgIpc) is 2.52. The molecule has 2 aromatic carbocycles. The zero-order chi connectivity index (χ0) is 19.8. The third kappa shape index (κ3) is 4.70. The molecule has 0 saturated carbocycles. The van der Waals surface area contributed by atoms with Gasteiger partial charge in [0.25, 0.3) is 0 Å². The minimum Gasteiger partial charge on any atom is -0.336 e. The van der Waals surface area contributed by atoms with E-state index in [9.17, 15) is 40.2 Å². The highest BCUT2D eigenvalue weighted by Gasteiger charge is 2.37. The molecule has 2 nitrogen and oxygen atoms in total. The third-order valence-electron chi connectivity index (χ3n) is 3.34. The lowest BCUT2D eigenvalue weighted by Crippen LogP contribution is -2.25. The Labute approximate surface area is 141 Å². The second kappa shape index (κ2) is 6.84. The van der Waals surface area contributed by atoms with Crippen LogP contribution < -0.4 is 0 Å². The molecule has 26 heavy (non-hydrogen) atoms. The molecule has 0 bridgehead atoms. The molecule has 10 heteroatoms. The van der Waals surface area contributed by atoms with Crippen LogP contribution in [0.3, 0.4) is 0 Å². The molecule has 0 fully saturated rings. The molecule has 0 amide bonds. The fourth-order valence-electron chi connectivity index (χ4n) is 2.08. The molecule has 0 aliphatic heterocycles. The SMILES string of the molecule is OC(F)(OCc1ccc(F)cc1C(F)(F)F)c1cccc(C(F)(F)F)c1. The molecule has 0 aliphatic carbocycles. The quantitative estimate of drug-likeness (QED) is 0.582. The molecular formula is C16H10F8O2. The number of halogens is 8. The molecule has 0 heterocycles. The van der Waals surface area contributed by atoms with Gasteiger partial charge in [0.15, 0.2) is 0 Å². The molecular weight excluding hydrogens is 376 g/mol. The first-order valence-corrected chi connectivity index (χ1v) is 6.89. The lowest BCUT2D eigenvalue weighted by Gasteiger charge is -2.22. The summed E-state index contributed by atoms with van der Waals surface area (Å²) in [6, 6.07) is 0.126. The molecule has 1 atom stereocenters. The van der Waals surface area contributed by atoms with E-state index in [1.165, 1.54) is 0 Å². The van der Waals surface area contributed by atoms with Crippen molar-refractivity contribution in [3.8, 4) is 0 Å². The molecule has 2 rings (SSSR count). The van der Waals surface area contributed by atoms with Gasteiger partial charge in [-0.2, -0.15) is 30.7 Å². The van der Waals surface area contributed by atoms with Gasteiger partial charge >= 0.3 is 18.4 Å². The van der Waals surface area contributed by atoms with E-state index in [0.717, 1.165) is 12.1 Å². The highest BCUT2D eigenvalue weighted by molar-refractivity contribution is 5.31. The number of aliphatic hydroxyl groups is 1. The van der Waals surface area contributed by atoms with Crippen LogP contribution in [0.4, 0.5) is 35.1 Å². The minimum atomic E-state index is -4.98. The van der Waals surface area contributed by atoms with E-state index in [4.69, 9.17) is 0 Å². The molecule has 0 aromatic heterocycles. The second-order valence-corrected chi connectivity index (χ2v) is 5.23. The first-order chi connectivity index (χ1) is 11.8. The van der Waals surface area contributed by atoms with E-state index in [-0.39, 0.29) is 12.1 Å². The first-order valence-electron chi connectivity index (χ1n) is 6.89. The van der Waals surface area contributed by atoms with Crippen molar-refractivity contribution in [1.29, 1.82) is 0 Å². The van der Waals surface area contributed by atoms with Crippen molar-refractivity contribution in [2.24, 2.45) is 0 Å². The number of benzene rings is 2. The zero-order valence-electron chi connectivity index (χ0n) is 12.6. The fraction of sp³-hybridized carbons (Fsp3) is 0.250. The largest absolute Gasteiger partial charge is 0.416 e. The average molecular weight is 386 g/mol. The zero-order valence-corrected chi connectivity index (χ0v) is 12.6. The summed E-state index contributed by atoms with van der Waals surface area (Å²) in [5, 5.41) is 9.57. The molecule has 2 aromatic rings. The van der Waals surface area contributed by atoms with Crippen LogP contribution in [0.5, 0.6) is 0 Å². The van der Waals surface area contributed by atoms with Crippen LogP contribution in [-0.4, -0.2) is 5.11 Å².